The van der Waals surface area contributed by atoms with E-state index < -0.39 is 9.84 Å². The van der Waals surface area contributed by atoms with Crippen LogP contribution in [0.15, 0.2) is 42.5 Å². The third-order valence-electron chi connectivity index (χ3n) is 3.83. The molecule has 0 radical (unpaired) electrons. The zero-order valence-electron chi connectivity index (χ0n) is 11.6. The van der Waals surface area contributed by atoms with Crippen molar-refractivity contribution in [1.29, 1.82) is 0 Å². The summed E-state index contributed by atoms with van der Waals surface area (Å²) in [4.78, 5) is 12.1. The fourth-order valence-corrected chi connectivity index (χ4v) is 4.48. The van der Waals surface area contributed by atoms with E-state index >= 15 is 0 Å². The highest BCUT2D eigenvalue weighted by Gasteiger charge is 2.28. The number of hydrogen-bond donors (Lipinski definition) is 1. The summed E-state index contributed by atoms with van der Waals surface area (Å²) in [5, 5.41) is 5.00. The monoisotopic (exact) mass is 303 g/mol. The predicted molar refractivity (Wildman–Crippen MR) is 82.9 cm³/mol. The molecule has 5 heteroatoms. The van der Waals surface area contributed by atoms with Crippen molar-refractivity contribution in [2.24, 2.45) is 0 Å². The molecule has 1 amide bonds. The van der Waals surface area contributed by atoms with Crippen LogP contribution >= 0.6 is 0 Å². The van der Waals surface area contributed by atoms with Crippen LogP contribution in [0.4, 0.5) is 0 Å². The van der Waals surface area contributed by atoms with Gasteiger partial charge in [-0.25, -0.2) is 8.42 Å². The molecule has 3 rings (SSSR count). The Balaban J connectivity index is 1.72. The van der Waals surface area contributed by atoms with Gasteiger partial charge in [0.25, 0.3) is 0 Å². The highest BCUT2D eigenvalue weighted by Crippen LogP contribution is 2.19. The first-order chi connectivity index (χ1) is 10.0. The van der Waals surface area contributed by atoms with E-state index in [4.69, 9.17) is 0 Å². The number of carbonyl (C=O) groups excluding carboxylic acids is 1. The maximum absolute atomic E-state index is 12.1. The smallest absolute Gasteiger partial charge is 0.224 e. The maximum atomic E-state index is 12.1. The molecule has 0 bridgehead atoms. The Bertz CT molecular complexity index is 778. The fraction of sp³-hybridized carbons (Fsp3) is 0.312. The Morgan fingerprint density at radius 3 is 2.67 bits per heavy atom. The van der Waals surface area contributed by atoms with Gasteiger partial charge in [-0.1, -0.05) is 42.5 Å². The lowest BCUT2D eigenvalue weighted by Crippen LogP contribution is -2.36. The molecule has 1 atom stereocenters. The summed E-state index contributed by atoms with van der Waals surface area (Å²) >= 11 is 0. The van der Waals surface area contributed by atoms with Gasteiger partial charge < -0.3 is 5.32 Å². The third kappa shape index (κ3) is 3.24. The molecule has 110 valence electrons. The van der Waals surface area contributed by atoms with Crippen LogP contribution in [0.3, 0.4) is 0 Å². The van der Waals surface area contributed by atoms with Crippen LogP contribution in [0.25, 0.3) is 10.8 Å². The van der Waals surface area contributed by atoms with Crippen molar-refractivity contribution in [3.05, 3.63) is 48.0 Å². The molecule has 1 N–H and O–H groups in total. The van der Waals surface area contributed by atoms with E-state index in [9.17, 15) is 13.2 Å². The van der Waals surface area contributed by atoms with E-state index in [-0.39, 0.29) is 29.9 Å². The van der Waals surface area contributed by atoms with Crippen molar-refractivity contribution in [1.82, 2.24) is 5.32 Å². The lowest BCUT2D eigenvalue weighted by molar-refractivity contribution is -0.120. The van der Waals surface area contributed by atoms with E-state index in [2.05, 4.69) is 5.32 Å². The van der Waals surface area contributed by atoms with Gasteiger partial charge in [-0.2, -0.15) is 0 Å². The van der Waals surface area contributed by atoms with Crippen molar-refractivity contribution >= 4 is 26.5 Å². The normalized spacial score (nSPS) is 20.5. The first-order valence-corrected chi connectivity index (χ1v) is 8.82. The van der Waals surface area contributed by atoms with Gasteiger partial charge in [-0.05, 0) is 22.8 Å². The molecule has 21 heavy (non-hydrogen) atoms. The van der Waals surface area contributed by atoms with Crippen molar-refractivity contribution in [3.63, 3.8) is 0 Å². The Hall–Kier alpha value is -1.88. The van der Waals surface area contributed by atoms with Crippen LogP contribution < -0.4 is 5.32 Å². The van der Waals surface area contributed by atoms with Crippen LogP contribution in [0.5, 0.6) is 0 Å². The minimum absolute atomic E-state index is 0.0638. The zero-order valence-corrected chi connectivity index (χ0v) is 12.4. The maximum Gasteiger partial charge on any atom is 0.224 e. The van der Waals surface area contributed by atoms with Gasteiger partial charge in [0.1, 0.15) is 0 Å². The summed E-state index contributed by atoms with van der Waals surface area (Å²) in [6, 6.07) is 13.6. The van der Waals surface area contributed by atoms with Gasteiger partial charge >= 0.3 is 0 Å². The standard InChI is InChI=1S/C16H17NO3S/c18-16(17-14-8-9-21(19,20)11-14)10-13-6-3-5-12-4-1-2-7-15(12)13/h1-7,14H,8-11H2,(H,17,18)/t14-/m1/s1. The van der Waals surface area contributed by atoms with E-state index in [1.165, 1.54) is 0 Å². The number of benzene rings is 2. The summed E-state index contributed by atoms with van der Waals surface area (Å²) in [5.74, 6) is 0.119. The molecule has 4 nitrogen and oxygen atoms in total. The summed E-state index contributed by atoms with van der Waals surface area (Å²) < 4.78 is 22.8. The van der Waals surface area contributed by atoms with Crippen molar-refractivity contribution in [3.8, 4) is 0 Å². The Morgan fingerprint density at radius 1 is 1.14 bits per heavy atom. The lowest BCUT2D eigenvalue weighted by atomic mass is 10.0. The average Bonchev–Trinajstić information content (AvgIpc) is 2.78. The van der Waals surface area contributed by atoms with E-state index in [1.54, 1.807) is 0 Å². The van der Waals surface area contributed by atoms with E-state index in [1.807, 2.05) is 42.5 Å². The zero-order chi connectivity index (χ0) is 14.9. The van der Waals surface area contributed by atoms with Gasteiger partial charge in [-0.15, -0.1) is 0 Å². The molecule has 2 aromatic rings. The van der Waals surface area contributed by atoms with Gasteiger partial charge in [0.05, 0.1) is 17.9 Å². The molecule has 0 unspecified atom stereocenters. The fourth-order valence-electron chi connectivity index (χ4n) is 2.81. The first kappa shape index (κ1) is 14.1. The molecule has 1 saturated heterocycles. The second-order valence-corrected chi connectivity index (χ2v) is 7.71. The van der Waals surface area contributed by atoms with Crippen LogP contribution in [-0.4, -0.2) is 31.9 Å². The van der Waals surface area contributed by atoms with Crippen LogP contribution in [-0.2, 0) is 21.1 Å². The van der Waals surface area contributed by atoms with Crippen molar-refractivity contribution in [2.75, 3.05) is 11.5 Å². The van der Waals surface area contributed by atoms with Crippen LogP contribution in [0.2, 0.25) is 0 Å². The lowest BCUT2D eigenvalue weighted by Gasteiger charge is -2.12. The molecule has 0 spiro atoms. The van der Waals surface area contributed by atoms with Gasteiger partial charge in [0, 0.05) is 6.04 Å². The SMILES string of the molecule is O=C(Cc1cccc2ccccc12)N[C@@H]1CCS(=O)(=O)C1. The Labute approximate surface area is 124 Å². The molecule has 1 heterocycles. The number of nitrogens with one attached hydrogen (secondary N) is 1. The molecule has 1 aliphatic heterocycles. The summed E-state index contributed by atoms with van der Waals surface area (Å²) in [6.45, 7) is 0. The summed E-state index contributed by atoms with van der Waals surface area (Å²) in [7, 11) is -2.96. The highest BCUT2D eigenvalue weighted by molar-refractivity contribution is 7.91. The van der Waals surface area contributed by atoms with Crippen LogP contribution in [0, 0.1) is 0 Å². The number of carbonyl (C=O) groups is 1. The largest absolute Gasteiger partial charge is 0.352 e. The first-order valence-electron chi connectivity index (χ1n) is 7.00. The molecule has 1 fully saturated rings. The Morgan fingerprint density at radius 2 is 1.90 bits per heavy atom. The average molecular weight is 303 g/mol. The predicted octanol–water partition coefficient (Wildman–Crippen LogP) is 1.69. The van der Waals surface area contributed by atoms with Gasteiger partial charge in [0.2, 0.25) is 5.91 Å². The molecule has 1 aliphatic rings. The van der Waals surface area contributed by atoms with Crippen molar-refractivity contribution in [2.45, 2.75) is 18.9 Å². The quantitative estimate of drug-likeness (QED) is 0.938. The molecule has 2 aromatic carbocycles. The second kappa shape index (κ2) is 5.48. The molecule has 0 aliphatic carbocycles. The molecular weight excluding hydrogens is 286 g/mol. The highest BCUT2D eigenvalue weighted by atomic mass is 32.2. The number of amides is 1. The van der Waals surface area contributed by atoms with Gasteiger partial charge in [0.15, 0.2) is 9.84 Å². The summed E-state index contributed by atoms with van der Waals surface area (Å²) in [6.07, 6.45) is 0.793. The minimum atomic E-state index is -2.96. The van der Waals surface area contributed by atoms with Crippen molar-refractivity contribution < 1.29 is 13.2 Å². The second-order valence-electron chi connectivity index (χ2n) is 5.48. The van der Waals surface area contributed by atoms with E-state index in [0.29, 0.717) is 6.42 Å². The number of rotatable bonds is 3. The molecule has 0 aromatic heterocycles. The topological polar surface area (TPSA) is 63.2 Å². The number of sulfone groups is 1. The summed E-state index contributed by atoms with van der Waals surface area (Å²) in [5.41, 5.74) is 0.964. The molecule has 0 saturated carbocycles. The number of hydrogen-bond acceptors (Lipinski definition) is 3. The number of fused-ring (bicyclic) bond motifs is 1. The third-order valence-corrected chi connectivity index (χ3v) is 5.60. The molecular formula is C16H17NO3S. The minimum Gasteiger partial charge on any atom is -0.352 e. The van der Waals surface area contributed by atoms with Crippen LogP contribution in [0.1, 0.15) is 12.0 Å². The Kier molecular flexibility index (Phi) is 3.68. The van der Waals surface area contributed by atoms with Gasteiger partial charge in [-0.3, -0.25) is 4.79 Å². The van der Waals surface area contributed by atoms with E-state index in [0.717, 1.165) is 16.3 Å².